The summed E-state index contributed by atoms with van der Waals surface area (Å²) in [6.45, 7) is 0. The van der Waals surface area contributed by atoms with Crippen LogP contribution in [0.4, 0.5) is 0 Å². The second kappa shape index (κ2) is 10.4. The van der Waals surface area contributed by atoms with E-state index < -0.39 is 30.0 Å². The van der Waals surface area contributed by atoms with Crippen LogP contribution in [0, 0.1) is 0 Å². The Morgan fingerprint density at radius 2 is 0.972 bits per heavy atom. The molecule has 6 nitrogen and oxygen atoms in total. The highest BCUT2D eigenvalue weighted by Gasteiger charge is 2.30. The molecule has 0 spiro atoms. The zero-order valence-electron chi connectivity index (χ0n) is 18.9. The molecule has 0 aliphatic carbocycles. The van der Waals surface area contributed by atoms with E-state index in [4.69, 9.17) is 0 Å². The van der Waals surface area contributed by atoms with Gasteiger partial charge in [-0.2, -0.15) is 16.8 Å². The molecule has 0 heterocycles. The lowest BCUT2D eigenvalue weighted by molar-refractivity contribution is 0.481. The van der Waals surface area contributed by atoms with Crippen molar-refractivity contribution in [3.63, 3.8) is 0 Å². The van der Waals surface area contributed by atoms with Gasteiger partial charge in [0.15, 0.2) is 0 Å². The summed E-state index contributed by atoms with van der Waals surface area (Å²) < 4.78 is 71.1. The van der Waals surface area contributed by atoms with Crippen LogP contribution in [-0.4, -0.2) is 25.9 Å². The Morgan fingerprint density at radius 1 is 0.528 bits per heavy atom. The molecule has 0 unspecified atom stereocenters. The first kappa shape index (κ1) is 25.3. The number of benzene rings is 4. The van der Waals surface area contributed by atoms with E-state index in [2.05, 4.69) is 0 Å². The quantitative estimate of drug-likeness (QED) is 0.223. The first-order valence-corrected chi connectivity index (χ1v) is 13.7. The van der Waals surface area contributed by atoms with E-state index in [1.54, 1.807) is 66.7 Å². The lowest BCUT2D eigenvalue weighted by atomic mass is 9.98. The van der Waals surface area contributed by atoms with Crippen LogP contribution < -0.4 is 0 Å². The molecule has 0 bridgehead atoms. The van der Waals surface area contributed by atoms with Crippen molar-refractivity contribution in [3.05, 3.63) is 119 Å². The van der Waals surface area contributed by atoms with Crippen LogP contribution in [0.25, 0.3) is 35.4 Å². The average Bonchev–Trinajstić information content (AvgIpc) is 2.86. The highest BCUT2D eigenvalue weighted by Crippen LogP contribution is 2.38. The zero-order valence-corrected chi connectivity index (χ0v) is 20.5. The van der Waals surface area contributed by atoms with Gasteiger partial charge in [-0.15, -0.1) is 0 Å². The van der Waals surface area contributed by atoms with Gasteiger partial charge in [0, 0.05) is 11.1 Å². The third-order valence-electron chi connectivity index (χ3n) is 5.39. The van der Waals surface area contributed by atoms with Crippen molar-refractivity contribution in [2.24, 2.45) is 0 Å². The van der Waals surface area contributed by atoms with Crippen LogP contribution in [0.2, 0.25) is 0 Å². The SMILES string of the molecule is O=S(=O)(O)c1c(C=Cc2ccccc2)cc(-c2ccccc2)c(S(=O)(=O)O)c1C=Cc1ccccc1. The number of hydrogen-bond donors (Lipinski definition) is 2. The van der Waals surface area contributed by atoms with Gasteiger partial charge in [-0.25, -0.2) is 0 Å². The first-order valence-electron chi connectivity index (χ1n) is 10.8. The number of hydrogen-bond acceptors (Lipinski definition) is 4. The summed E-state index contributed by atoms with van der Waals surface area (Å²) in [6, 6.07) is 27.7. The molecular formula is C28H22O6S2. The maximum Gasteiger partial charge on any atom is 0.295 e. The maximum absolute atomic E-state index is 12.7. The molecule has 0 aliphatic rings. The van der Waals surface area contributed by atoms with Gasteiger partial charge in [0.05, 0.1) is 0 Å². The lowest BCUT2D eigenvalue weighted by Crippen LogP contribution is -2.11. The fourth-order valence-electron chi connectivity index (χ4n) is 3.86. The summed E-state index contributed by atoms with van der Waals surface area (Å²) in [7, 11) is -9.87. The average molecular weight is 519 g/mol. The molecule has 182 valence electrons. The minimum absolute atomic E-state index is 0.0558. The Bertz CT molecular complexity index is 1640. The van der Waals surface area contributed by atoms with Crippen molar-refractivity contribution >= 4 is 44.5 Å². The zero-order chi connectivity index (χ0) is 25.8. The molecular weight excluding hydrogens is 496 g/mol. The predicted octanol–water partition coefficient (Wildman–Crippen LogP) is 6.19. The van der Waals surface area contributed by atoms with Crippen LogP contribution in [0.1, 0.15) is 22.3 Å². The van der Waals surface area contributed by atoms with Gasteiger partial charge in [-0.3, -0.25) is 9.11 Å². The van der Waals surface area contributed by atoms with E-state index in [9.17, 15) is 25.9 Å². The minimum Gasteiger partial charge on any atom is -0.282 e. The Hall–Kier alpha value is -3.82. The van der Waals surface area contributed by atoms with Gasteiger partial charge in [0.1, 0.15) is 9.79 Å². The van der Waals surface area contributed by atoms with Crippen LogP contribution in [0.5, 0.6) is 0 Å². The van der Waals surface area contributed by atoms with E-state index in [1.165, 1.54) is 24.3 Å². The van der Waals surface area contributed by atoms with Crippen LogP contribution in [-0.2, 0) is 20.2 Å². The Morgan fingerprint density at radius 3 is 1.44 bits per heavy atom. The third kappa shape index (κ3) is 5.87. The fraction of sp³-hybridized carbons (Fsp3) is 0. The summed E-state index contributed by atoms with van der Waals surface area (Å²) >= 11 is 0. The van der Waals surface area contributed by atoms with Crippen LogP contribution in [0.3, 0.4) is 0 Å². The van der Waals surface area contributed by atoms with Gasteiger partial charge in [0.25, 0.3) is 20.2 Å². The van der Waals surface area contributed by atoms with Crippen molar-refractivity contribution in [2.45, 2.75) is 9.79 Å². The summed E-state index contributed by atoms with van der Waals surface area (Å²) in [6.07, 6.45) is 5.92. The molecule has 4 aromatic rings. The summed E-state index contributed by atoms with van der Waals surface area (Å²) in [5.41, 5.74) is 1.66. The Kier molecular flexibility index (Phi) is 7.32. The molecule has 4 aromatic carbocycles. The van der Waals surface area contributed by atoms with Crippen molar-refractivity contribution in [2.75, 3.05) is 0 Å². The Balaban J connectivity index is 2.11. The molecule has 0 saturated carbocycles. The second-order valence-corrected chi connectivity index (χ2v) is 10.6. The van der Waals surface area contributed by atoms with Crippen LogP contribution in [0.15, 0.2) is 107 Å². The summed E-state index contributed by atoms with van der Waals surface area (Å²) in [4.78, 5) is -1.25. The third-order valence-corrected chi connectivity index (χ3v) is 7.32. The van der Waals surface area contributed by atoms with Gasteiger partial charge < -0.3 is 0 Å². The number of rotatable bonds is 7. The second-order valence-electron chi connectivity index (χ2n) is 7.89. The van der Waals surface area contributed by atoms with Gasteiger partial charge >= 0.3 is 0 Å². The molecule has 0 radical (unpaired) electrons. The van der Waals surface area contributed by atoms with E-state index in [-0.39, 0.29) is 16.7 Å². The molecule has 0 atom stereocenters. The highest BCUT2D eigenvalue weighted by atomic mass is 32.2. The molecule has 0 saturated heterocycles. The molecule has 0 aliphatic heterocycles. The monoisotopic (exact) mass is 518 g/mol. The fourth-order valence-corrected chi connectivity index (χ4v) is 5.70. The van der Waals surface area contributed by atoms with Crippen molar-refractivity contribution in [1.82, 2.24) is 0 Å². The van der Waals surface area contributed by atoms with Gasteiger partial charge in [-0.05, 0) is 28.3 Å². The normalized spacial score (nSPS) is 12.4. The summed E-state index contributed by atoms with van der Waals surface area (Å²) in [5, 5.41) is 0. The molecule has 0 fully saturated rings. The van der Waals surface area contributed by atoms with E-state index in [0.29, 0.717) is 11.1 Å². The summed E-state index contributed by atoms with van der Waals surface area (Å²) in [5.74, 6) is 0. The first-order chi connectivity index (χ1) is 17.1. The molecule has 8 heteroatoms. The minimum atomic E-state index is -4.93. The Labute approximate surface area is 210 Å². The largest absolute Gasteiger partial charge is 0.295 e. The van der Waals surface area contributed by atoms with E-state index >= 15 is 0 Å². The molecule has 36 heavy (non-hydrogen) atoms. The standard InChI is InChI=1S/C28H22O6S2/c29-35(30,31)27-24(18-16-21-10-4-1-5-11-21)20-26(23-14-8-3-9-15-23)28(36(32,33)34)25(27)19-17-22-12-6-2-7-13-22/h1-20H,(H,29,30,31)(H,32,33,34). The molecule has 0 aromatic heterocycles. The smallest absolute Gasteiger partial charge is 0.282 e. The van der Waals surface area contributed by atoms with E-state index in [1.807, 2.05) is 30.3 Å². The van der Waals surface area contributed by atoms with Crippen LogP contribution >= 0.6 is 0 Å². The molecule has 0 amide bonds. The molecule has 2 N–H and O–H groups in total. The van der Waals surface area contributed by atoms with Crippen molar-refractivity contribution in [3.8, 4) is 11.1 Å². The maximum atomic E-state index is 12.7. The van der Waals surface area contributed by atoms with Gasteiger partial charge in [-0.1, -0.05) is 115 Å². The van der Waals surface area contributed by atoms with Crippen molar-refractivity contribution in [1.29, 1.82) is 0 Å². The lowest BCUT2D eigenvalue weighted by Gasteiger charge is -2.17. The van der Waals surface area contributed by atoms with Gasteiger partial charge in [0.2, 0.25) is 0 Å². The highest BCUT2D eigenvalue weighted by molar-refractivity contribution is 7.87. The van der Waals surface area contributed by atoms with E-state index in [0.717, 1.165) is 5.56 Å². The predicted molar refractivity (Wildman–Crippen MR) is 142 cm³/mol. The molecule has 4 rings (SSSR count). The van der Waals surface area contributed by atoms with Crippen molar-refractivity contribution < 1.29 is 25.9 Å². The topological polar surface area (TPSA) is 109 Å².